The van der Waals surface area contributed by atoms with Crippen LogP contribution in [0.3, 0.4) is 0 Å². The molecule has 1 saturated heterocycles. The fourth-order valence-electron chi connectivity index (χ4n) is 5.10. The maximum absolute atomic E-state index is 15.1. The Balaban J connectivity index is 1.51. The number of carbonyl (C=O) groups is 1. The Bertz CT molecular complexity index is 1640. The summed E-state index contributed by atoms with van der Waals surface area (Å²) in [5, 5.41) is 1.59. The molecule has 12 heteroatoms. The molecular formula is C28H20F6N4O2. The van der Waals surface area contributed by atoms with E-state index in [0.717, 1.165) is 12.3 Å². The molecule has 3 aromatic carbocycles. The minimum atomic E-state index is -1.86. The fourth-order valence-corrected chi connectivity index (χ4v) is 5.10. The molecule has 3 heterocycles. The Morgan fingerprint density at radius 1 is 0.975 bits per heavy atom. The second-order valence-electron chi connectivity index (χ2n) is 9.43. The zero-order valence-electron chi connectivity index (χ0n) is 20.6. The zero-order valence-corrected chi connectivity index (χ0v) is 20.6. The molecule has 206 valence electrons. The average Bonchev–Trinajstić information content (AvgIpc) is 3.27. The van der Waals surface area contributed by atoms with Crippen LogP contribution in [0.4, 0.5) is 37.7 Å². The van der Waals surface area contributed by atoms with Gasteiger partial charge in [-0.05, 0) is 30.3 Å². The number of halogens is 6. The smallest absolute Gasteiger partial charge is 0.273 e. The lowest BCUT2D eigenvalue weighted by molar-refractivity contribution is 0.0945. The lowest BCUT2D eigenvalue weighted by atomic mass is 9.98. The highest BCUT2D eigenvalue weighted by Crippen LogP contribution is 2.40. The van der Waals surface area contributed by atoms with Gasteiger partial charge in [0.05, 0.1) is 42.1 Å². The number of ether oxygens (including phenoxy) is 1. The molecule has 40 heavy (non-hydrogen) atoms. The average molecular weight is 558 g/mol. The van der Waals surface area contributed by atoms with Crippen LogP contribution in [0.5, 0.6) is 5.75 Å². The third-order valence-electron chi connectivity index (χ3n) is 6.93. The van der Waals surface area contributed by atoms with Gasteiger partial charge in [0.1, 0.15) is 24.0 Å². The molecule has 0 bridgehead atoms. The number of nitrogens with one attached hydrogen (secondary N) is 1. The van der Waals surface area contributed by atoms with Crippen molar-refractivity contribution < 1.29 is 35.9 Å². The van der Waals surface area contributed by atoms with Gasteiger partial charge in [-0.1, -0.05) is 12.1 Å². The second kappa shape index (κ2) is 9.92. The lowest BCUT2D eigenvalue weighted by Gasteiger charge is -2.32. The van der Waals surface area contributed by atoms with Crippen molar-refractivity contribution in [3.63, 3.8) is 0 Å². The van der Waals surface area contributed by atoms with Gasteiger partial charge in [0.2, 0.25) is 0 Å². The Kier molecular flexibility index (Phi) is 6.40. The molecule has 0 radical (unpaired) electrons. The van der Waals surface area contributed by atoms with Gasteiger partial charge in [0, 0.05) is 28.8 Å². The van der Waals surface area contributed by atoms with Gasteiger partial charge in [-0.25, -0.2) is 26.3 Å². The van der Waals surface area contributed by atoms with Crippen LogP contribution in [-0.2, 0) is 0 Å². The first kappa shape index (κ1) is 25.8. The van der Waals surface area contributed by atoms with E-state index in [9.17, 15) is 26.7 Å². The van der Waals surface area contributed by atoms with Gasteiger partial charge in [-0.3, -0.25) is 20.2 Å². The maximum Gasteiger partial charge on any atom is 0.273 e. The van der Waals surface area contributed by atoms with E-state index in [0.29, 0.717) is 30.1 Å². The van der Waals surface area contributed by atoms with E-state index in [-0.39, 0.29) is 28.8 Å². The van der Waals surface area contributed by atoms with Crippen molar-refractivity contribution in [2.75, 3.05) is 36.1 Å². The molecule has 2 atom stereocenters. The summed E-state index contributed by atoms with van der Waals surface area (Å²) in [6.45, 7) is -0.271. The summed E-state index contributed by atoms with van der Waals surface area (Å²) in [5.41, 5.74) is 1.72. The maximum atomic E-state index is 15.1. The highest BCUT2D eigenvalue weighted by Gasteiger charge is 2.36. The van der Waals surface area contributed by atoms with Crippen LogP contribution in [0.15, 0.2) is 54.7 Å². The van der Waals surface area contributed by atoms with E-state index in [1.807, 2.05) is 0 Å². The summed E-state index contributed by atoms with van der Waals surface area (Å²) >= 11 is 0. The number of nitrogens with zero attached hydrogens (tertiary/aromatic N) is 3. The van der Waals surface area contributed by atoms with Gasteiger partial charge in [0.15, 0.2) is 24.0 Å². The summed E-state index contributed by atoms with van der Waals surface area (Å²) < 4.78 is 92.2. The predicted octanol–water partition coefficient (Wildman–Crippen LogP) is 5.50. The number of hydrogen-bond acceptors (Lipinski definition) is 5. The molecule has 0 aliphatic carbocycles. The van der Waals surface area contributed by atoms with Crippen molar-refractivity contribution in [3.05, 3.63) is 83.6 Å². The highest BCUT2D eigenvalue weighted by atomic mass is 19.2. The number of hydrogen-bond donors (Lipinski definition) is 1. The number of para-hydroxylation sites is 2. The van der Waals surface area contributed by atoms with E-state index < -0.39 is 65.7 Å². The molecule has 1 amide bonds. The van der Waals surface area contributed by atoms with Crippen LogP contribution in [-0.4, -0.2) is 49.5 Å². The third kappa shape index (κ3) is 4.33. The monoisotopic (exact) mass is 558 g/mol. The minimum Gasteiger partial charge on any atom is -0.489 e. The molecule has 1 N–H and O–H groups in total. The van der Waals surface area contributed by atoms with E-state index >= 15 is 4.39 Å². The first-order valence-corrected chi connectivity index (χ1v) is 12.3. The Morgan fingerprint density at radius 2 is 1.73 bits per heavy atom. The van der Waals surface area contributed by atoms with Crippen molar-refractivity contribution in [1.29, 1.82) is 0 Å². The molecule has 1 fully saturated rings. The largest absolute Gasteiger partial charge is 0.489 e. The molecule has 4 aromatic rings. The fraction of sp³-hybridized carbons (Fsp3) is 0.214. The topological polar surface area (TPSA) is 57.7 Å². The van der Waals surface area contributed by atoms with Crippen molar-refractivity contribution >= 4 is 28.2 Å². The Labute approximate surface area is 223 Å². The third-order valence-corrected chi connectivity index (χ3v) is 6.93. The molecule has 2 aliphatic heterocycles. The van der Waals surface area contributed by atoms with Crippen LogP contribution in [0, 0.1) is 23.3 Å². The summed E-state index contributed by atoms with van der Waals surface area (Å²) in [6, 6.07) is 10.1. The number of fused-ring (bicyclic) bond motifs is 2. The number of benzene rings is 3. The molecule has 0 spiro atoms. The summed E-state index contributed by atoms with van der Waals surface area (Å²) in [4.78, 5) is 19.1. The van der Waals surface area contributed by atoms with E-state index in [1.165, 1.54) is 11.0 Å². The van der Waals surface area contributed by atoms with E-state index in [2.05, 4.69) is 10.4 Å². The standard InChI is InChI=1S/C28H20F6N4O2/c29-14-9-16(25(34)19(31)10-14)24-18(30)6-5-15-26(24)35-11-17(27(15)37-12-20(32)21(33)13-37)28(39)36-38-7-8-40-23-4-2-1-3-22(23)38/h1-6,9-11,20-21H,7-8,12-13H2,(H,36,39)/t20-,21+. The normalized spacial score (nSPS) is 18.6. The molecule has 6 rings (SSSR count). The van der Waals surface area contributed by atoms with Gasteiger partial charge in [-0.2, -0.15) is 0 Å². The second-order valence-corrected chi connectivity index (χ2v) is 9.43. The van der Waals surface area contributed by atoms with Crippen LogP contribution in [0.1, 0.15) is 10.4 Å². The molecule has 6 nitrogen and oxygen atoms in total. The van der Waals surface area contributed by atoms with Crippen molar-refractivity contribution in [1.82, 2.24) is 10.4 Å². The number of anilines is 2. The van der Waals surface area contributed by atoms with Crippen LogP contribution in [0.2, 0.25) is 0 Å². The summed E-state index contributed by atoms with van der Waals surface area (Å²) in [6.07, 6.45) is -2.66. The number of aromatic nitrogens is 1. The van der Waals surface area contributed by atoms with E-state index in [1.54, 1.807) is 29.3 Å². The Morgan fingerprint density at radius 3 is 2.50 bits per heavy atom. The van der Waals surface area contributed by atoms with Gasteiger partial charge in [0.25, 0.3) is 5.91 Å². The number of pyridine rings is 1. The van der Waals surface area contributed by atoms with Crippen molar-refractivity contribution in [2.45, 2.75) is 12.3 Å². The summed E-state index contributed by atoms with van der Waals surface area (Å²) in [7, 11) is 0. The Hall–Kier alpha value is -4.48. The molecule has 0 saturated carbocycles. The highest BCUT2D eigenvalue weighted by molar-refractivity contribution is 6.10. The molecule has 1 aromatic heterocycles. The zero-order chi connectivity index (χ0) is 28.1. The summed E-state index contributed by atoms with van der Waals surface area (Å²) in [5.74, 6) is -5.37. The quantitative estimate of drug-likeness (QED) is 0.265. The van der Waals surface area contributed by atoms with Gasteiger partial charge >= 0.3 is 0 Å². The van der Waals surface area contributed by atoms with Crippen LogP contribution >= 0.6 is 0 Å². The van der Waals surface area contributed by atoms with Crippen LogP contribution < -0.4 is 20.1 Å². The first-order valence-electron chi connectivity index (χ1n) is 12.3. The molecule has 0 unspecified atom stereocenters. The number of rotatable bonds is 4. The van der Waals surface area contributed by atoms with Gasteiger partial charge in [-0.15, -0.1) is 0 Å². The molecule has 2 aliphatic rings. The first-order chi connectivity index (χ1) is 19.2. The number of alkyl halides is 2. The SMILES string of the molecule is O=C(NN1CCOc2ccccc21)c1cnc2c(-c3cc(F)cc(F)c3F)c(F)ccc2c1N1C[C@@H](F)[C@@H](F)C1. The minimum absolute atomic E-state index is 0.0189. The number of hydrazine groups is 1. The number of carbonyl (C=O) groups excluding carboxylic acids is 1. The number of amides is 1. The van der Waals surface area contributed by atoms with Crippen molar-refractivity contribution in [3.8, 4) is 16.9 Å². The van der Waals surface area contributed by atoms with Gasteiger partial charge < -0.3 is 9.64 Å². The van der Waals surface area contributed by atoms with E-state index in [4.69, 9.17) is 4.74 Å². The predicted molar refractivity (Wildman–Crippen MR) is 136 cm³/mol. The molecular weight excluding hydrogens is 538 g/mol. The van der Waals surface area contributed by atoms with Crippen LogP contribution in [0.25, 0.3) is 22.0 Å². The van der Waals surface area contributed by atoms with Crippen molar-refractivity contribution in [2.24, 2.45) is 0 Å². The lowest BCUT2D eigenvalue weighted by Crippen LogP contribution is -2.47.